The third-order valence-corrected chi connectivity index (χ3v) is 3.29. The van der Waals surface area contributed by atoms with Gasteiger partial charge in [-0.25, -0.2) is 0 Å². The number of rotatable bonds is 8. The molecule has 1 heterocycles. The second-order valence-corrected chi connectivity index (χ2v) is 4.85. The number of hydrogen-bond acceptors (Lipinski definition) is 2. The molecule has 0 radical (unpaired) electrons. The zero-order valence-corrected chi connectivity index (χ0v) is 11.9. The van der Waals surface area contributed by atoms with Gasteiger partial charge in [0.05, 0.1) is 11.8 Å². The van der Waals surface area contributed by atoms with E-state index in [9.17, 15) is 4.79 Å². The SMILES string of the molecule is CCCCCCCCNC(=O)c1ccoc1Br. The molecule has 1 aromatic heterocycles. The molecule has 96 valence electrons. The Balaban J connectivity index is 2.07. The van der Waals surface area contributed by atoms with Crippen LogP contribution in [0.15, 0.2) is 21.4 Å². The molecule has 0 spiro atoms. The van der Waals surface area contributed by atoms with Gasteiger partial charge in [-0.1, -0.05) is 39.0 Å². The van der Waals surface area contributed by atoms with Crippen LogP contribution in [0.1, 0.15) is 55.8 Å². The van der Waals surface area contributed by atoms with Gasteiger partial charge in [-0.15, -0.1) is 0 Å². The molecule has 0 aliphatic rings. The third kappa shape index (κ3) is 5.39. The van der Waals surface area contributed by atoms with E-state index >= 15 is 0 Å². The van der Waals surface area contributed by atoms with Crippen LogP contribution in [-0.4, -0.2) is 12.5 Å². The summed E-state index contributed by atoms with van der Waals surface area (Å²) in [4.78, 5) is 11.7. The number of nitrogens with one attached hydrogen (secondary N) is 1. The lowest BCUT2D eigenvalue weighted by atomic mass is 10.1. The molecule has 0 aliphatic carbocycles. The van der Waals surface area contributed by atoms with Gasteiger partial charge in [-0.3, -0.25) is 4.79 Å². The first kappa shape index (κ1) is 14.3. The molecule has 3 nitrogen and oxygen atoms in total. The molecule has 0 aromatic carbocycles. The van der Waals surface area contributed by atoms with Gasteiger partial charge in [0.25, 0.3) is 5.91 Å². The van der Waals surface area contributed by atoms with E-state index in [1.807, 2.05) is 0 Å². The Morgan fingerprint density at radius 2 is 2.00 bits per heavy atom. The van der Waals surface area contributed by atoms with E-state index in [1.54, 1.807) is 6.07 Å². The van der Waals surface area contributed by atoms with Crippen LogP contribution in [0.2, 0.25) is 0 Å². The van der Waals surface area contributed by atoms with Gasteiger partial charge >= 0.3 is 0 Å². The fourth-order valence-electron chi connectivity index (χ4n) is 1.66. The Morgan fingerprint density at radius 1 is 1.29 bits per heavy atom. The van der Waals surface area contributed by atoms with E-state index < -0.39 is 0 Å². The highest BCUT2D eigenvalue weighted by Crippen LogP contribution is 2.17. The lowest BCUT2D eigenvalue weighted by molar-refractivity contribution is 0.0951. The highest BCUT2D eigenvalue weighted by atomic mass is 79.9. The predicted molar refractivity (Wildman–Crippen MR) is 72.1 cm³/mol. The first-order valence-corrected chi connectivity index (χ1v) is 7.06. The molecular formula is C13H20BrNO2. The Bertz CT molecular complexity index is 336. The summed E-state index contributed by atoms with van der Waals surface area (Å²) in [5.41, 5.74) is 0.566. The van der Waals surface area contributed by atoms with Crippen molar-refractivity contribution in [3.8, 4) is 0 Å². The first-order valence-electron chi connectivity index (χ1n) is 6.27. The van der Waals surface area contributed by atoms with Crippen molar-refractivity contribution in [2.45, 2.75) is 45.4 Å². The molecule has 0 aliphatic heterocycles. The monoisotopic (exact) mass is 301 g/mol. The minimum Gasteiger partial charge on any atom is -0.457 e. The highest BCUT2D eigenvalue weighted by Gasteiger charge is 2.11. The van der Waals surface area contributed by atoms with Gasteiger partial charge in [0.1, 0.15) is 0 Å². The first-order chi connectivity index (χ1) is 8.25. The molecule has 4 heteroatoms. The molecule has 0 saturated carbocycles. The minimum atomic E-state index is -0.0702. The van der Waals surface area contributed by atoms with Crippen molar-refractivity contribution in [1.82, 2.24) is 5.32 Å². The standard InChI is InChI=1S/C13H20BrNO2/c1-2-3-4-5-6-7-9-15-13(16)11-8-10-17-12(11)14/h8,10H,2-7,9H2,1H3,(H,15,16). The Kier molecular flexibility index (Phi) is 7.01. The second-order valence-electron chi connectivity index (χ2n) is 4.13. The van der Waals surface area contributed by atoms with Crippen LogP contribution in [-0.2, 0) is 0 Å². The van der Waals surface area contributed by atoms with E-state index in [1.165, 1.54) is 38.4 Å². The van der Waals surface area contributed by atoms with Crippen LogP contribution < -0.4 is 5.32 Å². The van der Waals surface area contributed by atoms with Crippen LogP contribution >= 0.6 is 15.9 Å². The number of carbonyl (C=O) groups excluding carboxylic acids is 1. The van der Waals surface area contributed by atoms with Crippen molar-refractivity contribution in [3.05, 3.63) is 22.6 Å². The molecule has 0 fully saturated rings. The summed E-state index contributed by atoms with van der Waals surface area (Å²) in [6.45, 7) is 2.95. The molecule has 0 atom stereocenters. The summed E-state index contributed by atoms with van der Waals surface area (Å²) in [5, 5.41) is 2.89. The second kappa shape index (κ2) is 8.34. The maximum Gasteiger partial charge on any atom is 0.255 e. The van der Waals surface area contributed by atoms with Gasteiger partial charge in [0.2, 0.25) is 0 Å². The molecular weight excluding hydrogens is 282 g/mol. The summed E-state index contributed by atoms with van der Waals surface area (Å²) in [6.07, 6.45) is 8.89. The molecule has 0 bridgehead atoms. The van der Waals surface area contributed by atoms with Crippen molar-refractivity contribution < 1.29 is 9.21 Å². The topological polar surface area (TPSA) is 42.2 Å². The number of amides is 1. The van der Waals surface area contributed by atoms with Crippen molar-refractivity contribution in [1.29, 1.82) is 0 Å². The Labute approximate surface area is 111 Å². The van der Waals surface area contributed by atoms with Crippen LogP contribution in [0.5, 0.6) is 0 Å². The van der Waals surface area contributed by atoms with Crippen LogP contribution in [0.25, 0.3) is 0 Å². The van der Waals surface area contributed by atoms with E-state index in [2.05, 4.69) is 28.2 Å². The van der Waals surface area contributed by atoms with Gasteiger partial charge in [0.15, 0.2) is 4.67 Å². The zero-order chi connectivity index (χ0) is 12.5. The van der Waals surface area contributed by atoms with E-state index in [0.29, 0.717) is 10.2 Å². The normalized spacial score (nSPS) is 10.5. The van der Waals surface area contributed by atoms with Crippen molar-refractivity contribution >= 4 is 21.8 Å². The van der Waals surface area contributed by atoms with Crippen molar-refractivity contribution in [2.75, 3.05) is 6.54 Å². The highest BCUT2D eigenvalue weighted by molar-refractivity contribution is 9.10. The largest absolute Gasteiger partial charge is 0.457 e. The van der Waals surface area contributed by atoms with E-state index in [-0.39, 0.29) is 5.91 Å². The van der Waals surface area contributed by atoms with Gasteiger partial charge in [0, 0.05) is 6.54 Å². The molecule has 1 amide bonds. The number of halogens is 1. The molecule has 0 saturated heterocycles. The molecule has 1 rings (SSSR count). The van der Waals surface area contributed by atoms with Gasteiger partial charge < -0.3 is 9.73 Å². The molecule has 1 N–H and O–H groups in total. The fourth-order valence-corrected chi connectivity index (χ4v) is 2.08. The van der Waals surface area contributed by atoms with Crippen molar-refractivity contribution in [2.24, 2.45) is 0 Å². The van der Waals surface area contributed by atoms with Crippen LogP contribution in [0.3, 0.4) is 0 Å². The van der Waals surface area contributed by atoms with Gasteiger partial charge in [-0.2, -0.15) is 0 Å². The molecule has 0 unspecified atom stereocenters. The summed E-state index contributed by atoms with van der Waals surface area (Å²) >= 11 is 3.19. The number of hydrogen-bond donors (Lipinski definition) is 1. The maximum absolute atomic E-state index is 11.7. The van der Waals surface area contributed by atoms with Crippen LogP contribution in [0, 0.1) is 0 Å². The minimum absolute atomic E-state index is 0.0702. The van der Waals surface area contributed by atoms with Crippen molar-refractivity contribution in [3.63, 3.8) is 0 Å². The summed E-state index contributed by atoms with van der Waals surface area (Å²) < 4.78 is 5.51. The van der Waals surface area contributed by atoms with E-state index in [4.69, 9.17) is 4.42 Å². The number of unbranched alkanes of at least 4 members (excludes halogenated alkanes) is 5. The zero-order valence-electron chi connectivity index (χ0n) is 10.3. The van der Waals surface area contributed by atoms with Crippen LogP contribution in [0.4, 0.5) is 0 Å². The lowest BCUT2D eigenvalue weighted by Crippen LogP contribution is -2.24. The van der Waals surface area contributed by atoms with Gasteiger partial charge in [-0.05, 0) is 28.4 Å². The average molecular weight is 302 g/mol. The Morgan fingerprint density at radius 3 is 2.65 bits per heavy atom. The molecule has 1 aromatic rings. The quantitative estimate of drug-likeness (QED) is 0.734. The summed E-state index contributed by atoms with van der Waals surface area (Å²) in [6, 6.07) is 1.67. The number of carbonyl (C=O) groups is 1. The Hall–Kier alpha value is -0.770. The smallest absolute Gasteiger partial charge is 0.255 e. The summed E-state index contributed by atoms with van der Waals surface area (Å²) in [7, 11) is 0. The third-order valence-electron chi connectivity index (χ3n) is 2.68. The summed E-state index contributed by atoms with van der Waals surface area (Å²) in [5.74, 6) is -0.0702. The van der Waals surface area contributed by atoms with E-state index in [0.717, 1.165) is 13.0 Å². The molecule has 17 heavy (non-hydrogen) atoms. The average Bonchev–Trinajstić information content (AvgIpc) is 2.74. The lowest BCUT2D eigenvalue weighted by Gasteiger charge is -2.03. The maximum atomic E-state index is 11.7. The predicted octanol–water partition coefficient (Wildman–Crippen LogP) is 4.13. The fraction of sp³-hybridized carbons (Fsp3) is 0.615. The number of furan rings is 1.